The van der Waals surface area contributed by atoms with Crippen LogP contribution >= 0.6 is 0 Å². The van der Waals surface area contributed by atoms with Crippen molar-refractivity contribution in [3.63, 3.8) is 0 Å². The van der Waals surface area contributed by atoms with E-state index < -0.39 is 29.4 Å². The minimum Gasteiger partial charge on any atom is -0.481 e. The smallest absolute Gasteiger partial charge is 0.317 e. The molecule has 8 heteroatoms. The highest BCUT2D eigenvalue weighted by molar-refractivity contribution is 5.83. The summed E-state index contributed by atoms with van der Waals surface area (Å²) in [6, 6.07) is -1.20. The van der Waals surface area contributed by atoms with E-state index in [1.807, 2.05) is 0 Å². The minimum atomic E-state index is -1.16. The van der Waals surface area contributed by atoms with Gasteiger partial charge in [-0.25, -0.2) is 4.79 Å². The maximum Gasteiger partial charge on any atom is 0.317 e. The van der Waals surface area contributed by atoms with Crippen LogP contribution in [0, 0.1) is 5.41 Å². The number of nitrogens with two attached hydrogens (primary N) is 1. The number of aliphatic carboxylic acids is 1. The number of likely N-dealkylation sites (N-methyl/N-ethyl adjacent to an activating group) is 1. The number of carbonyl (C=O) groups excluding carboxylic acids is 2. The molecule has 2 atom stereocenters. The standard InChI is InChI=1S/C10H17N3O5/c1-10(8(15)16)5-18-4-6(10)12-9(17)13(2)3-7(11)14/h6H,3-5H2,1-2H3,(H2,11,14)(H,12,17)(H,15,16). The Labute approximate surface area is 104 Å². The first-order chi connectivity index (χ1) is 8.27. The lowest BCUT2D eigenvalue weighted by Gasteiger charge is -2.27. The van der Waals surface area contributed by atoms with E-state index in [4.69, 9.17) is 15.6 Å². The Morgan fingerprint density at radius 1 is 1.56 bits per heavy atom. The molecule has 0 saturated carbocycles. The van der Waals surface area contributed by atoms with Crippen molar-refractivity contribution in [3.05, 3.63) is 0 Å². The van der Waals surface area contributed by atoms with Gasteiger partial charge in [-0.2, -0.15) is 0 Å². The van der Waals surface area contributed by atoms with Gasteiger partial charge in [-0.05, 0) is 6.92 Å². The van der Waals surface area contributed by atoms with E-state index >= 15 is 0 Å². The van der Waals surface area contributed by atoms with E-state index in [1.165, 1.54) is 14.0 Å². The first-order valence-corrected chi connectivity index (χ1v) is 5.38. The van der Waals surface area contributed by atoms with E-state index in [1.54, 1.807) is 0 Å². The number of urea groups is 1. The van der Waals surface area contributed by atoms with Crippen LogP contribution in [0.5, 0.6) is 0 Å². The third-order valence-corrected chi connectivity index (χ3v) is 2.98. The number of carboxylic acids is 1. The van der Waals surface area contributed by atoms with Gasteiger partial charge in [-0.15, -0.1) is 0 Å². The first kappa shape index (κ1) is 14.2. The fourth-order valence-electron chi connectivity index (χ4n) is 1.65. The number of carboxylic acid groups (broad SMARTS) is 1. The highest BCUT2D eigenvalue weighted by Gasteiger charge is 2.47. The largest absolute Gasteiger partial charge is 0.481 e. The van der Waals surface area contributed by atoms with Crippen LogP contribution in [0.1, 0.15) is 6.92 Å². The lowest BCUT2D eigenvalue weighted by molar-refractivity contribution is -0.148. The second-order valence-electron chi connectivity index (χ2n) is 4.56. The molecule has 0 aromatic heterocycles. The van der Waals surface area contributed by atoms with E-state index in [9.17, 15) is 14.4 Å². The highest BCUT2D eigenvalue weighted by atomic mass is 16.5. The van der Waals surface area contributed by atoms with Crippen LogP contribution in [0.15, 0.2) is 0 Å². The summed E-state index contributed by atoms with van der Waals surface area (Å²) >= 11 is 0. The number of amides is 3. The summed E-state index contributed by atoms with van der Waals surface area (Å²) in [6.07, 6.45) is 0. The van der Waals surface area contributed by atoms with E-state index in [2.05, 4.69) is 5.32 Å². The van der Waals surface area contributed by atoms with Crippen molar-refractivity contribution in [2.45, 2.75) is 13.0 Å². The number of primary amides is 1. The molecule has 18 heavy (non-hydrogen) atoms. The van der Waals surface area contributed by atoms with Gasteiger partial charge in [0.1, 0.15) is 12.0 Å². The Kier molecular flexibility index (Phi) is 4.12. The molecule has 0 spiro atoms. The van der Waals surface area contributed by atoms with Crippen LogP contribution in [-0.4, -0.2) is 60.8 Å². The molecular formula is C10H17N3O5. The summed E-state index contributed by atoms with van der Waals surface area (Å²) in [5.74, 6) is -1.68. The van der Waals surface area contributed by atoms with Crippen LogP contribution < -0.4 is 11.1 Å². The summed E-state index contributed by atoms with van der Waals surface area (Å²) in [6.45, 7) is 1.43. The fraction of sp³-hybridized carbons (Fsp3) is 0.700. The van der Waals surface area contributed by atoms with Gasteiger partial charge >= 0.3 is 12.0 Å². The molecule has 0 radical (unpaired) electrons. The fourth-order valence-corrected chi connectivity index (χ4v) is 1.65. The minimum absolute atomic E-state index is 0.0345. The van der Waals surface area contributed by atoms with Crippen LogP contribution in [0.25, 0.3) is 0 Å². The molecule has 0 aromatic rings. The van der Waals surface area contributed by atoms with E-state index in [0.29, 0.717) is 0 Å². The van der Waals surface area contributed by atoms with Gasteiger partial charge in [0.2, 0.25) is 5.91 Å². The second-order valence-corrected chi connectivity index (χ2v) is 4.56. The Balaban J connectivity index is 2.64. The molecule has 2 unspecified atom stereocenters. The normalized spacial score (nSPS) is 26.7. The molecule has 8 nitrogen and oxygen atoms in total. The lowest BCUT2D eigenvalue weighted by atomic mass is 9.85. The molecule has 1 fully saturated rings. The van der Waals surface area contributed by atoms with Crippen molar-refractivity contribution in [2.75, 3.05) is 26.8 Å². The topological polar surface area (TPSA) is 122 Å². The Morgan fingerprint density at radius 2 is 2.17 bits per heavy atom. The number of nitrogens with one attached hydrogen (secondary N) is 1. The summed E-state index contributed by atoms with van der Waals surface area (Å²) in [4.78, 5) is 34.6. The molecule has 0 aliphatic carbocycles. The predicted molar refractivity (Wildman–Crippen MR) is 60.7 cm³/mol. The average molecular weight is 259 g/mol. The van der Waals surface area contributed by atoms with Crippen molar-refractivity contribution >= 4 is 17.9 Å². The van der Waals surface area contributed by atoms with Gasteiger partial charge in [0.05, 0.1) is 19.3 Å². The number of carbonyl (C=O) groups is 3. The zero-order chi connectivity index (χ0) is 13.9. The van der Waals surface area contributed by atoms with Gasteiger partial charge in [0.25, 0.3) is 0 Å². The summed E-state index contributed by atoms with van der Waals surface area (Å²) in [5.41, 5.74) is 3.80. The molecule has 1 aliphatic rings. The molecule has 4 N–H and O–H groups in total. The summed E-state index contributed by atoms with van der Waals surface area (Å²) in [5, 5.41) is 11.7. The zero-order valence-electron chi connectivity index (χ0n) is 10.3. The second kappa shape index (κ2) is 5.21. The van der Waals surface area contributed by atoms with E-state index in [-0.39, 0.29) is 19.8 Å². The van der Waals surface area contributed by atoms with Crippen LogP contribution in [0.2, 0.25) is 0 Å². The van der Waals surface area contributed by atoms with Crippen molar-refractivity contribution in [1.82, 2.24) is 10.2 Å². The van der Waals surface area contributed by atoms with Gasteiger partial charge < -0.3 is 25.8 Å². The van der Waals surface area contributed by atoms with Gasteiger partial charge in [0, 0.05) is 7.05 Å². The molecule has 102 valence electrons. The Bertz CT molecular complexity index is 373. The number of hydrogen-bond donors (Lipinski definition) is 3. The number of rotatable bonds is 4. The zero-order valence-corrected chi connectivity index (χ0v) is 10.3. The predicted octanol–water partition coefficient (Wildman–Crippen LogP) is -1.40. The quantitative estimate of drug-likeness (QED) is 0.573. The first-order valence-electron chi connectivity index (χ1n) is 5.38. The van der Waals surface area contributed by atoms with Crippen molar-refractivity contribution < 1.29 is 24.2 Å². The summed E-state index contributed by atoms with van der Waals surface area (Å²) in [7, 11) is 1.40. The Hall–Kier alpha value is -1.83. The highest BCUT2D eigenvalue weighted by Crippen LogP contribution is 2.28. The molecule has 1 heterocycles. The van der Waals surface area contributed by atoms with Crippen molar-refractivity contribution in [2.24, 2.45) is 11.1 Å². The van der Waals surface area contributed by atoms with Crippen LogP contribution in [0.3, 0.4) is 0 Å². The number of ether oxygens (including phenoxy) is 1. The number of nitrogens with zero attached hydrogens (tertiary/aromatic N) is 1. The molecule has 3 amide bonds. The van der Waals surface area contributed by atoms with Crippen LogP contribution in [-0.2, 0) is 14.3 Å². The van der Waals surface area contributed by atoms with Crippen molar-refractivity contribution in [1.29, 1.82) is 0 Å². The molecule has 0 aromatic carbocycles. The van der Waals surface area contributed by atoms with Gasteiger partial charge in [-0.3, -0.25) is 9.59 Å². The van der Waals surface area contributed by atoms with Gasteiger partial charge in [-0.1, -0.05) is 0 Å². The van der Waals surface area contributed by atoms with Gasteiger partial charge in [0.15, 0.2) is 0 Å². The molecule has 1 saturated heterocycles. The maximum atomic E-state index is 11.7. The average Bonchev–Trinajstić information content (AvgIpc) is 2.60. The third-order valence-electron chi connectivity index (χ3n) is 2.98. The van der Waals surface area contributed by atoms with Crippen LogP contribution in [0.4, 0.5) is 4.79 Å². The maximum absolute atomic E-state index is 11.7. The molecular weight excluding hydrogens is 242 g/mol. The van der Waals surface area contributed by atoms with Crippen molar-refractivity contribution in [3.8, 4) is 0 Å². The molecule has 0 bridgehead atoms. The molecule has 1 aliphatic heterocycles. The van der Waals surface area contributed by atoms with E-state index in [0.717, 1.165) is 4.90 Å². The number of hydrogen-bond acceptors (Lipinski definition) is 4. The lowest BCUT2D eigenvalue weighted by Crippen LogP contribution is -2.53. The monoisotopic (exact) mass is 259 g/mol. The molecule has 1 rings (SSSR count). The summed E-state index contributed by atoms with van der Waals surface area (Å²) < 4.78 is 5.09. The Morgan fingerprint density at radius 3 is 2.67 bits per heavy atom. The SMILES string of the molecule is CN(CC(N)=O)C(=O)NC1COCC1(C)C(=O)O. The third kappa shape index (κ3) is 2.89.